The molecule has 1 aromatic carbocycles. The average molecular weight is 466 g/mol. The highest BCUT2D eigenvalue weighted by Gasteiger charge is 2.42. The monoisotopic (exact) mass is 465 g/mol. The second-order valence-electron chi connectivity index (χ2n) is 7.86. The number of ether oxygens (including phenoxy) is 1. The Morgan fingerprint density at radius 3 is 2.61 bits per heavy atom. The van der Waals surface area contributed by atoms with Gasteiger partial charge in [-0.25, -0.2) is 13.2 Å². The summed E-state index contributed by atoms with van der Waals surface area (Å²) in [4.78, 5) is 14.0. The number of β-amino-alcohol motifs (C(OH)–C–C–N with tert-alkyl or cyclic N) is 1. The van der Waals surface area contributed by atoms with E-state index in [0.29, 0.717) is 36.4 Å². The van der Waals surface area contributed by atoms with E-state index in [2.05, 4.69) is 6.58 Å². The van der Waals surface area contributed by atoms with E-state index < -0.39 is 33.2 Å². The number of carbonyl (C=O) groups is 1. The molecule has 8 heteroatoms. The minimum absolute atomic E-state index is 0.0123. The molecule has 0 aromatic heterocycles. The molecule has 0 bridgehead atoms. The predicted octanol–water partition coefficient (Wildman–Crippen LogP) is 4.15. The fourth-order valence-corrected chi connectivity index (χ4v) is 6.56. The number of benzene rings is 1. The third-order valence-corrected chi connectivity index (χ3v) is 8.33. The Kier molecular flexibility index (Phi) is 7.62. The molecule has 3 rings (SSSR count). The molecule has 2 aliphatic rings. The maximum atomic E-state index is 13.7. The number of amides is 1. The van der Waals surface area contributed by atoms with Crippen LogP contribution in [0.1, 0.15) is 26.2 Å². The topological polar surface area (TPSA) is 83.9 Å². The lowest BCUT2D eigenvalue weighted by Crippen LogP contribution is -2.40. The minimum atomic E-state index is -3.76. The summed E-state index contributed by atoms with van der Waals surface area (Å²) >= 11 is 5.95. The summed E-state index contributed by atoms with van der Waals surface area (Å²) in [5.41, 5.74) is 1.63. The largest absolute Gasteiger partial charge is 0.449 e. The Labute approximate surface area is 188 Å². The Balaban J connectivity index is 1.89. The number of aliphatic hydroxyl groups is 1. The van der Waals surface area contributed by atoms with Crippen LogP contribution in [0.25, 0.3) is 0 Å². The van der Waals surface area contributed by atoms with Crippen molar-refractivity contribution in [1.29, 1.82) is 0 Å². The molecular formula is C23H28ClNO5S. The number of allylic oxidation sites excluding steroid dienone is 4. The first-order valence-electron chi connectivity index (χ1n) is 10.3. The van der Waals surface area contributed by atoms with Crippen molar-refractivity contribution in [3.05, 3.63) is 65.2 Å². The zero-order valence-corrected chi connectivity index (χ0v) is 19.1. The molecule has 1 amide bonds. The Bertz CT molecular complexity index is 984. The van der Waals surface area contributed by atoms with Crippen LogP contribution in [-0.4, -0.2) is 55.6 Å². The lowest BCUT2D eigenvalue weighted by molar-refractivity contribution is 0.0866. The smallest absolute Gasteiger partial charge is 0.409 e. The van der Waals surface area contributed by atoms with E-state index in [9.17, 15) is 18.3 Å². The van der Waals surface area contributed by atoms with Gasteiger partial charge in [-0.3, -0.25) is 0 Å². The van der Waals surface area contributed by atoms with Crippen molar-refractivity contribution in [2.45, 2.75) is 42.4 Å². The number of nitrogens with zero attached hydrogens (tertiary/aromatic N) is 1. The van der Waals surface area contributed by atoms with Crippen molar-refractivity contribution in [1.82, 2.24) is 4.90 Å². The molecule has 6 nitrogen and oxygen atoms in total. The summed E-state index contributed by atoms with van der Waals surface area (Å²) < 4.78 is 32.8. The molecule has 1 aliphatic heterocycles. The second kappa shape index (κ2) is 10.0. The average Bonchev–Trinajstić information content (AvgIpc) is 3.19. The van der Waals surface area contributed by atoms with E-state index >= 15 is 0 Å². The van der Waals surface area contributed by atoms with Crippen molar-refractivity contribution in [3.8, 4) is 0 Å². The van der Waals surface area contributed by atoms with E-state index in [1.54, 1.807) is 18.2 Å². The number of aliphatic hydroxyl groups excluding tert-OH is 1. The van der Waals surface area contributed by atoms with Gasteiger partial charge >= 0.3 is 6.09 Å². The molecule has 1 N–H and O–H groups in total. The van der Waals surface area contributed by atoms with Crippen LogP contribution in [0.2, 0.25) is 5.02 Å². The molecule has 1 saturated carbocycles. The quantitative estimate of drug-likeness (QED) is 0.706. The molecule has 1 aliphatic carbocycles. The highest BCUT2D eigenvalue weighted by molar-refractivity contribution is 7.92. The summed E-state index contributed by atoms with van der Waals surface area (Å²) in [5.74, 6) is -0.398. The van der Waals surface area contributed by atoms with E-state index in [0.717, 1.165) is 5.57 Å². The first kappa shape index (κ1) is 23.6. The van der Waals surface area contributed by atoms with Crippen LogP contribution in [-0.2, 0) is 14.6 Å². The van der Waals surface area contributed by atoms with Gasteiger partial charge in [0.2, 0.25) is 0 Å². The Morgan fingerprint density at radius 2 is 2.03 bits per heavy atom. The van der Waals surface area contributed by atoms with Crippen molar-refractivity contribution in [2.24, 2.45) is 5.92 Å². The minimum Gasteiger partial charge on any atom is -0.449 e. The highest BCUT2D eigenvalue weighted by atomic mass is 35.5. The van der Waals surface area contributed by atoms with E-state index in [1.165, 1.54) is 17.0 Å². The van der Waals surface area contributed by atoms with Crippen molar-refractivity contribution >= 4 is 27.5 Å². The SMILES string of the molecule is C=C/C=C1/CCC(COC(=O)N2CC[C@@H](O)C2)C(S(=O)(=O)c2ccc(Cl)cc2)/C1=C/C. The Hall–Kier alpha value is -2.09. The molecule has 0 spiro atoms. The van der Waals surface area contributed by atoms with Gasteiger partial charge in [-0.1, -0.05) is 36.4 Å². The summed E-state index contributed by atoms with van der Waals surface area (Å²) in [7, 11) is -3.76. The molecule has 0 radical (unpaired) electrons. The van der Waals surface area contributed by atoms with Crippen LogP contribution in [0.3, 0.4) is 0 Å². The van der Waals surface area contributed by atoms with Crippen LogP contribution in [0.4, 0.5) is 4.79 Å². The lowest BCUT2D eigenvalue weighted by atomic mass is 9.81. The van der Waals surface area contributed by atoms with Crippen LogP contribution in [0, 0.1) is 5.92 Å². The van der Waals surface area contributed by atoms with E-state index in [-0.39, 0.29) is 18.0 Å². The molecular weight excluding hydrogens is 438 g/mol. The number of rotatable bonds is 5. The number of carbonyl (C=O) groups excluding carboxylic acids is 1. The molecule has 1 heterocycles. The molecule has 1 saturated heterocycles. The van der Waals surface area contributed by atoms with E-state index in [4.69, 9.17) is 16.3 Å². The molecule has 2 fully saturated rings. The summed E-state index contributed by atoms with van der Waals surface area (Å²) in [5, 5.41) is 9.25. The maximum absolute atomic E-state index is 13.7. The first-order chi connectivity index (χ1) is 14.8. The van der Waals surface area contributed by atoms with Gasteiger partial charge in [0.15, 0.2) is 9.84 Å². The summed E-state index contributed by atoms with van der Waals surface area (Å²) in [6, 6.07) is 6.12. The van der Waals surface area contributed by atoms with Gasteiger partial charge in [0, 0.05) is 24.0 Å². The zero-order chi connectivity index (χ0) is 22.6. The Morgan fingerprint density at radius 1 is 1.32 bits per heavy atom. The number of hydrogen-bond acceptors (Lipinski definition) is 5. The molecule has 1 aromatic rings. The van der Waals surface area contributed by atoms with Gasteiger partial charge < -0.3 is 14.7 Å². The normalized spacial score (nSPS) is 26.9. The third-order valence-electron chi connectivity index (χ3n) is 5.84. The van der Waals surface area contributed by atoms with Crippen LogP contribution in [0.15, 0.2) is 65.1 Å². The van der Waals surface area contributed by atoms with Gasteiger partial charge in [-0.05, 0) is 61.6 Å². The first-order valence-corrected chi connectivity index (χ1v) is 12.3. The maximum Gasteiger partial charge on any atom is 0.409 e. The van der Waals surface area contributed by atoms with Crippen molar-refractivity contribution in [2.75, 3.05) is 19.7 Å². The number of halogens is 1. The van der Waals surface area contributed by atoms with Gasteiger partial charge in [0.1, 0.15) is 0 Å². The van der Waals surface area contributed by atoms with Crippen LogP contribution in [0.5, 0.6) is 0 Å². The lowest BCUT2D eigenvalue weighted by Gasteiger charge is -2.35. The van der Waals surface area contributed by atoms with Gasteiger partial charge in [-0.15, -0.1) is 0 Å². The highest BCUT2D eigenvalue weighted by Crippen LogP contribution is 2.40. The molecule has 3 atom stereocenters. The van der Waals surface area contributed by atoms with Gasteiger partial charge in [0.05, 0.1) is 22.9 Å². The molecule has 168 valence electrons. The van der Waals surface area contributed by atoms with Crippen molar-refractivity contribution in [3.63, 3.8) is 0 Å². The number of likely N-dealkylation sites (tertiary alicyclic amines) is 1. The summed E-state index contributed by atoms with van der Waals surface area (Å²) in [6.07, 6.45) is 6.00. The predicted molar refractivity (Wildman–Crippen MR) is 121 cm³/mol. The molecule has 31 heavy (non-hydrogen) atoms. The zero-order valence-electron chi connectivity index (χ0n) is 17.5. The second-order valence-corrected chi connectivity index (χ2v) is 10.4. The standard InChI is InChI=1S/C23H28ClNO5S/c1-3-5-16-6-7-17(15-30-23(27)25-13-12-19(26)14-25)22(21(16)4-2)31(28,29)20-10-8-18(24)9-11-20/h3-5,8-11,17,19,22,26H,1,6-7,12-15H2,2H3/b16-5-,21-4+/t17?,19-,22?/m1/s1. The fourth-order valence-electron chi connectivity index (χ4n) is 4.28. The van der Waals surface area contributed by atoms with Crippen LogP contribution >= 0.6 is 11.6 Å². The van der Waals surface area contributed by atoms with Gasteiger partial charge in [0.25, 0.3) is 0 Å². The number of sulfone groups is 1. The van der Waals surface area contributed by atoms with Gasteiger partial charge in [-0.2, -0.15) is 0 Å². The van der Waals surface area contributed by atoms with E-state index in [1.807, 2.05) is 19.1 Å². The third kappa shape index (κ3) is 5.22. The molecule has 2 unspecified atom stereocenters. The van der Waals surface area contributed by atoms with Crippen molar-refractivity contribution < 1.29 is 23.1 Å². The fraction of sp³-hybridized carbons (Fsp3) is 0.435. The number of hydrogen-bond donors (Lipinski definition) is 1. The van der Waals surface area contributed by atoms with Crippen LogP contribution < -0.4 is 0 Å². The summed E-state index contributed by atoms with van der Waals surface area (Å²) in [6.45, 7) is 6.22.